The number of halogens is 3. The Bertz CT molecular complexity index is 1480. The van der Waals surface area contributed by atoms with Gasteiger partial charge in [0.15, 0.2) is 0 Å². The van der Waals surface area contributed by atoms with E-state index in [0.29, 0.717) is 41.8 Å². The minimum Gasteiger partial charge on any atom is -0.372 e. The lowest BCUT2D eigenvalue weighted by molar-refractivity contribution is -0.132. The summed E-state index contributed by atoms with van der Waals surface area (Å²) < 4.78 is 28.0. The largest absolute Gasteiger partial charge is 0.372 e. The van der Waals surface area contributed by atoms with Crippen molar-refractivity contribution in [2.24, 2.45) is 33.7 Å². The summed E-state index contributed by atoms with van der Waals surface area (Å²) in [5.41, 5.74) is 3.74. The molecule has 220 valence electrons. The van der Waals surface area contributed by atoms with Crippen molar-refractivity contribution in [2.45, 2.75) is 63.2 Å². The fourth-order valence-electron chi connectivity index (χ4n) is 7.46. The second-order valence-electron chi connectivity index (χ2n) is 12.3. The molecule has 3 saturated carbocycles. The number of hydrogen-bond acceptors (Lipinski definition) is 6. The van der Waals surface area contributed by atoms with E-state index in [-0.39, 0.29) is 28.3 Å². The first-order chi connectivity index (χ1) is 20.2. The molecule has 6 nitrogen and oxygen atoms in total. The Labute approximate surface area is 254 Å². The topological polar surface area (TPSA) is 69.1 Å². The fraction of sp³-hybridized carbons (Fsp3) is 0.469. The third-order valence-electron chi connectivity index (χ3n) is 9.63. The first kappa shape index (κ1) is 27.9. The number of fused-ring (bicyclic) bond motifs is 3. The van der Waals surface area contributed by atoms with Crippen LogP contribution in [0.2, 0.25) is 5.02 Å². The van der Waals surface area contributed by atoms with E-state index in [2.05, 4.69) is 22.5 Å². The number of aliphatic imine (C=N–C) groups is 2. The zero-order valence-electron chi connectivity index (χ0n) is 23.6. The number of nitrogens with one attached hydrogen (secondary N) is 2. The highest BCUT2D eigenvalue weighted by Gasteiger charge is 2.48. The van der Waals surface area contributed by atoms with Crippen molar-refractivity contribution >= 4 is 40.8 Å². The van der Waals surface area contributed by atoms with Gasteiger partial charge in [-0.05, 0) is 79.7 Å². The molecule has 1 amide bonds. The summed E-state index contributed by atoms with van der Waals surface area (Å²) in [6.07, 6.45) is 9.73. The first-order valence-corrected chi connectivity index (χ1v) is 16.1. The summed E-state index contributed by atoms with van der Waals surface area (Å²) in [5, 5.41) is 8.92. The lowest BCUT2D eigenvalue weighted by atomic mass is 9.55. The minimum atomic E-state index is -1.14. The predicted molar refractivity (Wildman–Crippen MR) is 164 cm³/mol. The summed E-state index contributed by atoms with van der Waals surface area (Å²) in [4.78, 5) is 25.7. The third-order valence-corrected chi connectivity index (χ3v) is 10.9. The Morgan fingerprint density at radius 1 is 1.26 bits per heavy atom. The summed E-state index contributed by atoms with van der Waals surface area (Å²) >= 11 is 8.26. The zero-order chi connectivity index (χ0) is 29.1. The van der Waals surface area contributed by atoms with Crippen LogP contribution in [0.25, 0.3) is 0 Å². The van der Waals surface area contributed by atoms with Crippen LogP contribution in [0.15, 0.2) is 75.0 Å². The van der Waals surface area contributed by atoms with Gasteiger partial charge in [-0.3, -0.25) is 9.79 Å². The van der Waals surface area contributed by atoms with E-state index in [9.17, 15) is 13.6 Å². The minimum absolute atomic E-state index is 0.0729. The van der Waals surface area contributed by atoms with Crippen LogP contribution < -0.4 is 10.6 Å². The Hall–Kier alpha value is -2.91. The van der Waals surface area contributed by atoms with Gasteiger partial charge in [-0.25, -0.2) is 13.8 Å². The summed E-state index contributed by atoms with van der Waals surface area (Å²) in [5.74, 6) is 2.70. The molecule has 1 saturated heterocycles. The van der Waals surface area contributed by atoms with Crippen LogP contribution in [0, 0.1) is 29.5 Å². The van der Waals surface area contributed by atoms with Crippen molar-refractivity contribution in [3.8, 4) is 0 Å². The van der Waals surface area contributed by atoms with Crippen molar-refractivity contribution in [1.82, 2.24) is 15.5 Å². The average molecular weight is 610 g/mol. The second kappa shape index (κ2) is 11.0. The summed E-state index contributed by atoms with van der Waals surface area (Å²) in [6, 6.07) is 3.73. The normalized spacial score (nSPS) is 34.6. The Morgan fingerprint density at radius 3 is 2.76 bits per heavy atom. The molecule has 10 heteroatoms. The van der Waals surface area contributed by atoms with Crippen LogP contribution >= 0.6 is 23.4 Å². The van der Waals surface area contributed by atoms with Gasteiger partial charge in [0, 0.05) is 46.9 Å². The van der Waals surface area contributed by atoms with E-state index in [4.69, 9.17) is 21.6 Å². The number of rotatable bonds is 6. The first-order valence-electron chi connectivity index (χ1n) is 14.8. The molecule has 4 heterocycles. The maximum Gasteiger partial charge on any atom is 0.223 e. The van der Waals surface area contributed by atoms with Crippen molar-refractivity contribution in [3.05, 3.63) is 81.4 Å². The third kappa shape index (κ3) is 5.02. The van der Waals surface area contributed by atoms with Gasteiger partial charge in [-0.15, -0.1) is 0 Å². The molecule has 8 rings (SSSR count). The summed E-state index contributed by atoms with van der Waals surface area (Å²) in [6.45, 7) is 4.37. The molecule has 4 fully saturated rings. The molecule has 0 spiro atoms. The molecule has 42 heavy (non-hydrogen) atoms. The molecule has 3 aliphatic carbocycles. The number of alkyl halides is 1. The van der Waals surface area contributed by atoms with Gasteiger partial charge in [-0.1, -0.05) is 36.4 Å². The average Bonchev–Trinajstić information content (AvgIpc) is 3.73. The fourth-order valence-corrected chi connectivity index (χ4v) is 8.51. The smallest absolute Gasteiger partial charge is 0.223 e. The number of hydrogen-bond donors (Lipinski definition) is 2. The number of amides is 1. The maximum absolute atomic E-state index is 14.1. The van der Waals surface area contributed by atoms with E-state index >= 15 is 0 Å². The highest BCUT2D eigenvalue weighted by molar-refractivity contribution is 8.03. The zero-order valence-corrected chi connectivity index (χ0v) is 25.1. The highest BCUT2D eigenvalue weighted by Crippen LogP contribution is 2.52. The van der Waals surface area contributed by atoms with Gasteiger partial charge in [-0.2, -0.15) is 0 Å². The molecule has 1 aromatic rings. The van der Waals surface area contributed by atoms with Crippen molar-refractivity contribution in [1.29, 1.82) is 0 Å². The van der Waals surface area contributed by atoms with Crippen LogP contribution in [0.1, 0.15) is 51.1 Å². The van der Waals surface area contributed by atoms with Crippen molar-refractivity contribution in [2.75, 3.05) is 6.54 Å². The van der Waals surface area contributed by atoms with Gasteiger partial charge in [0.2, 0.25) is 5.91 Å². The Balaban J connectivity index is 1.26. The van der Waals surface area contributed by atoms with Crippen molar-refractivity contribution < 1.29 is 13.6 Å². The van der Waals surface area contributed by atoms with Gasteiger partial charge in [0.05, 0.1) is 17.5 Å². The lowest BCUT2D eigenvalue weighted by Crippen LogP contribution is -2.49. The molecule has 2 N–H and O–H groups in total. The molecule has 2 bridgehead atoms. The number of allylic oxidation sites excluding steroid dienone is 3. The van der Waals surface area contributed by atoms with Gasteiger partial charge < -0.3 is 15.5 Å². The van der Waals surface area contributed by atoms with Crippen LogP contribution in [0.3, 0.4) is 0 Å². The van der Waals surface area contributed by atoms with E-state index in [0.717, 1.165) is 35.9 Å². The molecular formula is C32H34ClF2N5OS. The van der Waals surface area contributed by atoms with E-state index in [1.54, 1.807) is 23.9 Å². The van der Waals surface area contributed by atoms with E-state index < -0.39 is 18.0 Å². The molecule has 7 aliphatic rings. The van der Waals surface area contributed by atoms with Gasteiger partial charge in [0.1, 0.15) is 29.2 Å². The van der Waals surface area contributed by atoms with Crippen LogP contribution in [-0.2, 0) is 4.79 Å². The number of nitrogens with zero attached hydrogens (tertiary/aromatic N) is 3. The van der Waals surface area contributed by atoms with Crippen molar-refractivity contribution in [3.63, 3.8) is 0 Å². The molecule has 4 unspecified atom stereocenters. The van der Waals surface area contributed by atoms with Gasteiger partial charge in [0.25, 0.3) is 0 Å². The van der Waals surface area contributed by atoms with Crippen LogP contribution in [0.5, 0.6) is 0 Å². The number of thioether (sulfide) groups is 1. The Kier molecular flexibility index (Phi) is 7.29. The molecule has 0 aromatic heterocycles. The molecular weight excluding hydrogens is 576 g/mol. The standard InChI is InChI=1S/C32H34ClF2N5OS/c1-16(34)9-22-4-6-26(37-22)28-27-14-23(38-31(41)20-11-18-10-19(12-20)17(18)2)15-40(27)30(32-36-7-8-42-32)39-29(28)24-5-3-21(35)13-25(24)33/h3-9,13,16-20,23,29,32,36H,10-12,14-15H2,1-2H3,(H,38,41)/b22-9-/t16?,17?,18?,19?,20?,23-,29-,32?/m0/s1. The van der Waals surface area contributed by atoms with Crippen LogP contribution in [0.4, 0.5) is 8.78 Å². The second-order valence-corrected chi connectivity index (χ2v) is 13.7. The quantitative estimate of drug-likeness (QED) is 0.389. The lowest BCUT2D eigenvalue weighted by Gasteiger charge is -2.50. The molecule has 0 radical (unpaired) electrons. The number of carbonyl (C=O) groups is 1. The number of carbonyl (C=O) groups excluding carboxylic acids is 1. The number of benzene rings is 1. The SMILES string of the molecule is CC(F)/C=C1/C=CC(C2=C3C[C@H](NC(=O)C4CC5CC(C4)C5C)CN3C(C3NC=CS3)=N[C@H]2c2ccc(F)cc2Cl)=N1. The van der Waals surface area contributed by atoms with E-state index in [1.807, 2.05) is 17.7 Å². The van der Waals surface area contributed by atoms with E-state index in [1.165, 1.54) is 31.6 Å². The monoisotopic (exact) mass is 609 g/mol. The highest BCUT2D eigenvalue weighted by atomic mass is 35.5. The van der Waals surface area contributed by atoms with Gasteiger partial charge >= 0.3 is 0 Å². The molecule has 6 atom stereocenters. The maximum atomic E-state index is 14.1. The summed E-state index contributed by atoms with van der Waals surface area (Å²) in [7, 11) is 0. The van der Waals surface area contributed by atoms with Crippen LogP contribution in [-0.4, -0.2) is 46.5 Å². The Morgan fingerprint density at radius 2 is 2.07 bits per heavy atom. The molecule has 4 aliphatic heterocycles. The number of amidine groups is 1. The predicted octanol–water partition coefficient (Wildman–Crippen LogP) is 6.45. The molecule has 1 aromatic carbocycles.